The molecule has 0 radical (unpaired) electrons. The zero-order chi connectivity index (χ0) is 18.4. The number of piperidine rings is 1. The van der Waals surface area contributed by atoms with Gasteiger partial charge in [-0.1, -0.05) is 18.6 Å². The Labute approximate surface area is 154 Å². The molecule has 2 amide bonds. The van der Waals surface area contributed by atoms with E-state index in [-0.39, 0.29) is 11.8 Å². The molecule has 1 aromatic rings. The molecule has 26 heavy (non-hydrogen) atoms. The highest BCUT2D eigenvalue weighted by atomic mass is 16.2. The number of nitrogens with one attached hydrogen (secondary N) is 2. The minimum absolute atomic E-state index is 0.222. The number of hydrogen-bond acceptors (Lipinski definition) is 4. The maximum atomic E-state index is 12.3. The van der Waals surface area contributed by atoms with Crippen molar-refractivity contribution in [3.8, 4) is 0 Å². The number of fused-ring (bicyclic) bond motifs is 1. The number of imide groups is 1. The third-order valence-electron chi connectivity index (χ3n) is 4.90. The fraction of sp³-hybridized carbons (Fsp3) is 0.526. The van der Waals surface area contributed by atoms with E-state index in [1.165, 1.54) is 37.3 Å². The van der Waals surface area contributed by atoms with Gasteiger partial charge in [0, 0.05) is 33.2 Å². The second-order valence-corrected chi connectivity index (χ2v) is 6.64. The fourth-order valence-corrected chi connectivity index (χ4v) is 3.46. The number of rotatable bonds is 6. The lowest BCUT2D eigenvalue weighted by molar-refractivity contribution is 0.0657. The minimum Gasteiger partial charge on any atom is -0.355 e. The molecule has 7 nitrogen and oxygen atoms in total. The second-order valence-electron chi connectivity index (χ2n) is 6.64. The maximum Gasteiger partial charge on any atom is 0.261 e. The number of carbonyl (C=O) groups excluding carboxylic acids is 2. The Bertz CT molecular complexity index is 647. The van der Waals surface area contributed by atoms with Gasteiger partial charge in [0.25, 0.3) is 11.8 Å². The Balaban J connectivity index is 1.41. The van der Waals surface area contributed by atoms with Crippen LogP contribution < -0.4 is 10.6 Å². The number of hydrogen-bond donors (Lipinski definition) is 2. The smallest absolute Gasteiger partial charge is 0.261 e. The first kappa shape index (κ1) is 18.4. The SMILES string of the molecule is CN=C(NCCN1CCCCC1)NCCN1C(=O)c2ccccc2C1=O. The number of likely N-dealkylation sites (tertiary alicyclic amines) is 1. The summed E-state index contributed by atoms with van der Waals surface area (Å²) in [6.07, 6.45) is 3.91. The number of guanidine groups is 1. The van der Waals surface area contributed by atoms with E-state index in [1.54, 1.807) is 31.3 Å². The van der Waals surface area contributed by atoms with Crippen LogP contribution >= 0.6 is 0 Å². The van der Waals surface area contributed by atoms with Crippen LogP contribution in [0.3, 0.4) is 0 Å². The van der Waals surface area contributed by atoms with Crippen molar-refractivity contribution in [3.05, 3.63) is 35.4 Å². The Morgan fingerprint density at radius 2 is 1.54 bits per heavy atom. The van der Waals surface area contributed by atoms with Gasteiger partial charge < -0.3 is 15.5 Å². The summed E-state index contributed by atoms with van der Waals surface area (Å²) in [4.78, 5) is 32.6. The first-order chi connectivity index (χ1) is 12.7. The molecule has 1 fully saturated rings. The molecular formula is C19H27N5O2. The summed E-state index contributed by atoms with van der Waals surface area (Å²) in [6.45, 7) is 4.96. The lowest BCUT2D eigenvalue weighted by Gasteiger charge is -2.26. The van der Waals surface area contributed by atoms with Crippen LogP contribution in [0.2, 0.25) is 0 Å². The van der Waals surface area contributed by atoms with Crippen LogP contribution in [0, 0.1) is 0 Å². The molecule has 0 atom stereocenters. The molecule has 0 aromatic heterocycles. The molecule has 0 unspecified atom stereocenters. The van der Waals surface area contributed by atoms with Crippen LogP contribution in [0.5, 0.6) is 0 Å². The van der Waals surface area contributed by atoms with Gasteiger partial charge in [-0.25, -0.2) is 0 Å². The predicted octanol–water partition coefficient (Wildman–Crippen LogP) is 0.934. The number of benzene rings is 1. The second kappa shape index (κ2) is 8.80. The van der Waals surface area contributed by atoms with Gasteiger partial charge in [-0.3, -0.25) is 19.5 Å². The van der Waals surface area contributed by atoms with Crippen LogP contribution in [-0.4, -0.2) is 73.9 Å². The third-order valence-corrected chi connectivity index (χ3v) is 4.90. The Hall–Kier alpha value is -2.41. The van der Waals surface area contributed by atoms with E-state index in [2.05, 4.69) is 20.5 Å². The number of nitrogens with zero attached hydrogens (tertiary/aromatic N) is 3. The zero-order valence-electron chi connectivity index (χ0n) is 15.3. The van der Waals surface area contributed by atoms with Crippen LogP contribution in [0.25, 0.3) is 0 Å². The number of aliphatic imine (C=N–C) groups is 1. The van der Waals surface area contributed by atoms with Crippen molar-refractivity contribution >= 4 is 17.8 Å². The Kier molecular flexibility index (Phi) is 6.22. The molecule has 0 aliphatic carbocycles. The van der Waals surface area contributed by atoms with Crippen LogP contribution in [0.15, 0.2) is 29.3 Å². The molecule has 7 heteroatoms. The van der Waals surface area contributed by atoms with E-state index >= 15 is 0 Å². The zero-order valence-corrected chi connectivity index (χ0v) is 15.3. The highest BCUT2D eigenvalue weighted by Gasteiger charge is 2.34. The van der Waals surface area contributed by atoms with Gasteiger partial charge in [-0.15, -0.1) is 0 Å². The van der Waals surface area contributed by atoms with Crippen LogP contribution in [-0.2, 0) is 0 Å². The number of carbonyl (C=O) groups is 2. The van der Waals surface area contributed by atoms with E-state index in [4.69, 9.17) is 0 Å². The molecule has 2 aliphatic heterocycles. The topological polar surface area (TPSA) is 77.0 Å². The van der Waals surface area contributed by atoms with Crippen LogP contribution in [0.1, 0.15) is 40.0 Å². The quantitative estimate of drug-likeness (QED) is 0.450. The van der Waals surface area contributed by atoms with Gasteiger partial charge in [0.15, 0.2) is 5.96 Å². The van der Waals surface area contributed by atoms with Crippen molar-refractivity contribution in [2.45, 2.75) is 19.3 Å². The van der Waals surface area contributed by atoms with Crippen molar-refractivity contribution in [1.29, 1.82) is 0 Å². The fourth-order valence-electron chi connectivity index (χ4n) is 3.46. The molecule has 0 saturated carbocycles. The van der Waals surface area contributed by atoms with Gasteiger partial charge >= 0.3 is 0 Å². The first-order valence-electron chi connectivity index (χ1n) is 9.33. The monoisotopic (exact) mass is 357 g/mol. The minimum atomic E-state index is -0.222. The summed E-state index contributed by atoms with van der Waals surface area (Å²) < 4.78 is 0. The molecule has 0 spiro atoms. The highest BCUT2D eigenvalue weighted by Crippen LogP contribution is 2.21. The van der Waals surface area contributed by atoms with E-state index in [0.29, 0.717) is 30.2 Å². The third kappa shape index (κ3) is 4.22. The van der Waals surface area contributed by atoms with Crippen molar-refractivity contribution in [3.63, 3.8) is 0 Å². The summed E-state index contributed by atoms with van der Waals surface area (Å²) in [7, 11) is 1.72. The molecule has 2 N–H and O–H groups in total. The molecule has 140 valence electrons. The standard InChI is InChI=1S/C19H27N5O2/c1-20-19(21-9-13-23-11-5-2-6-12-23)22-10-14-24-17(25)15-7-3-4-8-16(15)18(24)26/h3-4,7-8H,2,5-6,9-14H2,1H3,(H2,20,21,22). The summed E-state index contributed by atoms with van der Waals surface area (Å²) >= 11 is 0. The number of amides is 2. The average Bonchev–Trinajstić information content (AvgIpc) is 2.92. The van der Waals surface area contributed by atoms with Crippen molar-refractivity contribution < 1.29 is 9.59 Å². The molecule has 3 rings (SSSR count). The molecule has 2 aliphatic rings. The summed E-state index contributed by atoms with van der Waals surface area (Å²) in [6, 6.07) is 6.95. The van der Waals surface area contributed by atoms with Gasteiger partial charge in [0.1, 0.15) is 0 Å². The van der Waals surface area contributed by atoms with Crippen molar-refractivity contribution in [2.75, 3.05) is 46.3 Å². The van der Waals surface area contributed by atoms with Crippen LogP contribution in [0.4, 0.5) is 0 Å². The van der Waals surface area contributed by atoms with Crippen molar-refractivity contribution in [2.24, 2.45) is 4.99 Å². The highest BCUT2D eigenvalue weighted by molar-refractivity contribution is 6.21. The van der Waals surface area contributed by atoms with E-state index < -0.39 is 0 Å². The largest absolute Gasteiger partial charge is 0.355 e. The maximum absolute atomic E-state index is 12.3. The Morgan fingerprint density at radius 1 is 0.962 bits per heavy atom. The normalized spacial score (nSPS) is 18.2. The summed E-state index contributed by atoms with van der Waals surface area (Å²) in [5, 5.41) is 6.47. The molecule has 1 aromatic carbocycles. The average molecular weight is 357 g/mol. The first-order valence-corrected chi connectivity index (χ1v) is 9.33. The van der Waals surface area contributed by atoms with Gasteiger partial charge in [0.05, 0.1) is 11.1 Å². The summed E-state index contributed by atoms with van der Waals surface area (Å²) in [5.41, 5.74) is 0.975. The van der Waals surface area contributed by atoms with E-state index in [1.807, 2.05) is 0 Å². The lowest BCUT2D eigenvalue weighted by Crippen LogP contribution is -2.45. The van der Waals surface area contributed by atoms with E-state index in [9.17, 15) is 9.59 Å². The summed E-state index contributed by atoms with van der Waals surface area (Å²) in [5.74, 6) is 0.250. The van der Waals surface area contributed by atoms with E-state index in [0.717, 1.165) is 13.1 Å². The predicted molar refractivity (Wildman–Crippen MR) is 101 cm³/mol. The lowest BCUT2D eigenvalue weighted by atomic mass is 10.1. The van der Waals surface area contributed by atoms with Gasteiger partial charge in [0.2, 0.25) is 0 Å². The van der Waals surface area contributed by atoms with Gasteiger partial charge in [-0.05, 0) is 38.1 Å². The molecule has 0 bridgehead atoms. The molecule has 1 saturated heterocycles. The molecule has 2 heterocycles. The Morgan fingerprint density at radius 3 is 2.12 bits per heavy atom. The van der Waals surface area contributed by atoms with Crippen molar-refractivity contribution in [1.82, 2.24) is 20.4 Å². The van der Waals surface area contributed by atoms with Gasteiger partial charge in [-0.2, -0.15) is 0 Å². The molecular weight excluding hydrogens is 330 g/mol.